The van der Waals surface area contributed by atoms with Crippen LogP contribution in [0.25, 0.3) is 6.08 Å². The van der Waals surface area contributed by atoms with Gasteiger partial charge in [-0.05, 0) is 47.9 Å². The number of amides is 1. The van der Waals surface area contributed by atoms with Gasteiger partial charge in [-0.1, -0.05) is 24.3 Å². The molecular weight excluding hydrogens is 343 g/mol. The fraction of sp³-hybridized carbons (Fsp3) is 0.167. The van der Waals surface area contributed by atoms with Crippen molar-refractivity contribution in [3.05, 3.63) is 71.6 Å². The Balaban J connectivity index is 1.81. The Bertz CT molecular complexity index is 862. The van der Waals surface area contributed by atoms with E-state index in [1.165, 1.54) is 18.2 Å². The van der Waals surface area contributed by atoms with E-state index >= 15 is 0 Å². The van der Waals surface area contributed by atoms with Crippen molar-refractivity contribution in [2.45, 2.75) is 6.42 Å². The average Bonchev–Trinajstić information content (AvgIpc) is 2.53. The van der Waals surface area contributed by atoms with Crippen molar-refractivity contribution >= 4 is 27.7 Å². The lowest BCUT2D eigenvalue weighted by Crippen LogP contribution is -2.23. The molecule has 7 heteroatoms. The van der Waals surface area contributed by atoms with E-state index in [1.807, 2.05) is 0 Å². The number of hydrogen-bond acceptors (Lipinski definition) is 3. The van der Waals surface area contributed by atoms with Gasteiger partial charge in [0.1, 0.15) is 5.82 Å². The molecule has 25 heavy (non-hydrogen) atoms. The van der Waals surface area contributed by atoms with Gasteiger partial charge in [0.15, 0.2) is 0 Å². The van der Waals surface area contributed by atoms with Crippen LogP contribution in [0.3, 0.4) is 0 Å². The zero-order chi connectivity index (χ0) is 18.3. The first kappa shape index (κ1) is 18.7. The van der Waals surface area contributed by atoms with Crippen LogP contribution < -0.4 is 10.0 Å². The lowest BCUT2D eigenvalue weighted by atomic mass is 10.1. The molecule has 0 aliphatic carbocycles. The molecule has 2 aromatic carbocycles. The van der Waals surface area contributed by atoms with Gasteiger partial charge in [0.25, 0.3) is 0 Å². The normalized spacial score (nSPS) is 11.4. The van der Waals surface area contributed by atoms with Gasteiger partial charge in [-0.3, -0.25) is 9.52 Å². The first-order valence-electron chi connectivity index (χ1n) is 7.60. The topological polar surface area (TPSA) is 75.3 Å². The molecule has 0 aromatic heterocycles. The third-order valence-corrected chi connectivity index (χ3v) is 3.85. The van der Waals surface area contributed by atoms with Gasteiger partial charge < -0.3 is 5.32 Å². The minimum Gasteiger partial charge on any atom is -0.352 e. The predicted octanol–water partition coefficient (Wildman–Crippen LogP) is 2.57. The summed E-state index contributed by atoms with van der Waals surface area (Å²) in [7, 11) is -3.31. The van der Waals surface area contributed by atoms with E-state index in [1.54, 1.807) is 42.5 Å². The predicted molar refractivity (Wildman–Crippen MR) is 97.1 cm³/mol. The molecule has 0 fully saturated rings. The van der Waals surface area contributed by atoms with Crippen LogP contribution >= 0.6 is 0 Å². The number of nitrogens with one attached hydrogen (secondary N) is 2. The number of sulfonamides is 1. The van der Waals surface area contributed by atoms with Crippen LogP contribution in [0.2, 0.25) is 0 Å². The van der Waals surface area contributed by atoms with Gasteiger partial charge in [0.2, 0.25) is 15.9 Å². The van der Waals surface area contributed by atoms with E-state index in [0.717, 1.165) is 17.4 Å². The molecule has 2 N–H and O–H groups in total. The van der Waals surface area contributed by atoms with Crippen molar-refractivity contribution < 1.29 is 17.6 Å². The highest BCUT2D eigenvalue weighted by Crippen LogP contribution is 2.11. The fourth-order valence-corrected chi connectivity index (χ4v) is 2.69. The number of carbonyl (C=O) groups is 1. The second-order valence-electron chi connectivity index (χ2n) is 5.50. The molecule has 2 aromatic rings. The third kappa shape index (κ3) is 7.17. The minimum absolute atomic E-state index is 0.255. The quantitative estimate of drug-likeness (QED) is 0.744. The molecule has 0 saturated heterocycles. The zero-order valence-electron chi connectivity index (χ0n) is 13.7. The molecule has 2 rings (SSSR count). The van der Waals surface area contributed by atoms with Crippen LogP contribution in [0, 0.1) is 5.82 Å². The maximum atomic E-state index is 13.0. The molecule has 0 bridgehead atoms. The number of anilines is 1. The number of benzene rings is 2. The lowest BCUT2D eigenvalue weighted by Gasteiger charge is -2.04. The molecular formula is C18H19FN2O3S. The summed E-state index contributed by atoms with van der Waals surface area (Å²) in [6, 6.07) is 12.9. The van der Waals surface area contributed by atoms with Crippen molar-refractivity contribution in [3.63, 3.8) is 0 Å². The monoisotopic (exact) mass is 362 g/mol. The molecule has 0 aliphatic heterocycles. The van der Waals surface area contributed by atoms with Crippen LogP contribution in [0.1, 0.15) is 11.1 Å². The lowest BCUT2D eigenvalue weighted by molar-refractivity contribution is -0.116. The summed E-state index contributed by atoms with van der Waals surface area (Å²) in [4.78, 5) is 11.8. The van der Waals surface area contributed by atoms with Gasteiger partial charge in [-0.15, -0.1) is 0 Å². The standard InChI is InChI=1S/C18H19FN2O3S/c1-25(23,24)21-17-8-5-14(6-9-17)7-10-18(22)20-12-11-15-3-2-4-16(19)13-15/h2-10,13,21H,11-12H2,1H3,(H,20,22). The van der Waals surface area contributed by atoms with Crippen LogP contribution in [0.4, 0.5) is 10.1 Å². The van der Waals surface area contributed by atoms with Crippen LogP contribution in [-0.2, 0) is 21.2 Å². The fourth-order valence-electron chi connectivity index (χ4n) is 2.13. The molecule has 0 radical (unpaired) electrons. The van der Waals surface area contributed by atoms with Gasteiger partial charge in [-0.2, -0.15) is 0 Å². The van der Waals surface area contributed by atoms with Crippen molar-refractivity contribution in [1.82, 2.24) is 5.32 Å². The largest absolute Gasteiger partial charge is 0.352 e. The van der Waals surface area contributed by atoms with E-state index in [-0.39, 0.29) is 11.7 Å². The van der Waals surface area contributed by atoms with Crippen LogP contribution in [0.5, 0.6) is 0 Å². The van der Waals surface area contributed by atoms with Crippen molar-refractivity contribution in [3.8, 4) is 0 Å². The Morgan fingerprint density at radius 1 is 1.16 bits per heavy atom. The van der Waals surface area contributed by atoms with E-state index in [9.17, 15) is 17.6 Å². The summed E-state index contributed by atoms with van der Waals surface area (Å²) in [6.45, 7) is 0.407. The molecule has 1 amide bonds. The molecule has 132 valence electrons. The van der Waals surface area contributed by atoms with Gasteiger partial charge >= 0.3 is 0 Å². The summed E-state index contributed by atoms with van der Waals surface area (Å²) in [5.74, 6) is -0.549. The second-order valence-corrected chi connectivity index (χ2v) is 7.25. The summed E-state index contributed by atoms with van der Waals surface area (Å²) in [5.41, 5.74) is 2.04. The van der Waals surface area contributed by atoms with E-state index in [2.05, 4.69) is 10.0 Å². The molecule has 0 spiro atoms. The smallest absolute Gasteiger partial charge is 0.244 e. The van der Waals surface area contributed by atoms with Gasteiger partial charge in [-0.25, -0.2) is 12.8 Å². The van der Waals surface area contributed by atoms with E-state index in [0.29, 0.717) is 18.7 Å². The average molecular weight is 362 g/mol. The van der Waals surface area contributed by atoms with Crippen LogP contribution in [-0.4, -0.2) is 27.1 Å². The summed E-state index contributed by atoms with van der Waals surface area (Å²) >= 11 is 0. The van der Waals surface area contributed by atoms with Crippen LogP contribution in [0.15, 0.2) is 54.6 Å². The van der Waals surface area contributed by atoms with E-state index in [4.69, 9.17) is 0 Å². The number of hydrogen-bond donors (Lipinski definition) is 2. The van der Waals surface area contributed by atoms with E-state index < -0.39 is 10.0 Å². The van der Waals surface area contributed by atoms with Gasteiger partial charge in [0.05, 0.1) is 6.26 Å². The Morgan fingerprint density at radius 2 is 1.88 bits per heavy atom. The highest BCUT2D eigenvalue weighted by atomic mass is 32.2. The number of carbonyl (C=O) groups excluding carboxylic acids is 1. The van der Waals surface area contributed by atoms with Crippen molar-refractivity contribution in [2.24, 2.45) is 0 Å². The Labute approximate surface area is 146 Å². The van der Waals surface area contributed by atoms with Crippen molar-refractivity contribution in [2.75, 3.05) is 17.5 Å². The Kier molecular flexibility index (Phi) is 6.30. The first-order valence-corrected chi connectivity index (χ1v) is 9.49. The van der Waals surface area contributed by atoms with Crippen molar-refractivity contribution in [1.29, 1.82) is 0 Å². The SMILES string of the molecule is CS(=O)(=O)Nc1ccc(C=CC(=O)NCCc2cccc(F)c2)cc1. The summed E-state index contributed by atoms with van der Waals surface area (Å²) < 4.78 is 37.7. The third-order valence-electron chi connectivity index (χ3n) is 3.24. The second kappa shape index (κ2) is 8.43. The maximum Gasteiger partial charge on any atom is 0.244 e. The molecule has 5 nitrogen and oxygen atoms in total. The summed E-state index contributed by atoms with van der Waals surface area (Å²) in [6.07, 6.45) is 4.64. The molecule has 0 unspecified atom stereocenters. The maximum absolute atomic E-state index is 13.0. The van der Waals surface area contributed by atoms with Gasteiger partial charge in [0, 0.05) is 18.3 Å². The highest BCUT2D eigenvalue weighted by molar-refractivity contribution is 7.92. The Morgan fingerprint density at radius 3 is 2.52 bits per heavy atom. The molecule has 0 atom stereocenters. The summed E-state index contributed by atoms with van der Waals surface area (Å²) in [5, 5.41) is 2.72. The molecule has 0 aliphatic rings. The molecule has 0 heterocycles. The number of halogens is 1. The zero-order valence-corrected chi connectivity index (χ0v) is 14.5. The molecule has 0 saturated carbocycles. The Hall–Kier alpha value is -2.67. The highest BCUT2D eigenvalue weighted by Gasteiger charge is 2.01. The first-order chi connectivity index (χ1) is 11.8. The number of rotatable bonds is 7. The minimum atomic E-state index is -3.31.